The van der Waals surface area contributed by atoms with Gasteiger partial charge in [-0.25, -0.2) is 0 Å². The van der Waals surface area contributed by atoms with Crippen molar-refractivity contribution in [1.29, 1.82) is 0 Å². The van der Waals surface area contributed by atoms with Crippen molar-refractivity contribution in [2.45, 2.75) is 19.4 Å². The minimum absolute atomic E-state index is 0.0646. The fraction of sp³-hybridized carbons (Fsp3) is 0.417. The Balaban J connectivity index is 2.64. The van der Waals surface area contributed by atoms with Gasteiger partial charge in [-0.15, -0.1) is 0 Å². The monoisotopic (exact) mass is 285 g/mol. The van der Waals surface area contributed by atoms with Gasteiger partial charge in [0, 0.05) is 17.1 Å². The molecule has 0 heterocycles. The van der Waals surface area contributed by atoms with Crippen molar-refractivity contribution in [2.24, 2.45) is 0 Å². The van der Waals surface area contributed by atoms with Gasteiger partial charge in [-0.1, -0.05) is 28.9 Å². The molecule has 0 spiro atoms. The molecule has 0 aliphatic carbocycles. The standard InChI is InChI=1S/C12H16BrNO2/c1-3-11(8-16-2)14-12(15)9-5-4-6-10(13)7-9/h4-7,11H,3,8H2,1-2H3,(H,14,15). The Hall–Kier alpha value is -0.870. The summed E-state index contributed by atoms with van der Waals surface area (Å²) in [5, 5.41) is 2.93. The van der Waals surface area contributed by atoms with Crippen LogP contribution in [0.25, 0.3) is 0 Å². The Morgan fingerprint density at radius 3 is 2.88 bits per heavy atom. The SMILES string of the molecule is CCC(COC)NC(=O)c1cccc(Br)c1. The van der Waals surface area contributed by atoms with E-state index in [0.29, 0.717) is 12.2 Å². The zero-order valence-corrected chi connectivity index (χ0v) is 11.1. The van der Waals surface area contributed by atoms with E-state index in [1.54, 1.807) is 19.2 Å². The van der Waals surface area contributed by atoms with Crippen LogP contribution in [-0.2, 0) is 4.74 Å². The number of carbonyl (C=O) groups is 1. The lowest BCUT2D eigenvalue weighted by Gasteiger charge is -2.15. The lowest BCUT2D eigenvalue weighted by atomic mass is 10.2. The highest BCUT2D eigenvalue weighted by Gasteiger charge is 2.11. The molecule has 0 bridgehead atoms. The molecule has 1 N–H and O–H groups in total. The maximum atomic E-state index is 11.9. The normalized spacial score (nSPS) is 12.2. The summed E-state index contributed by atoms with van der Waals surface area (Å²) in [7, 11) is 1.63. The summed E-state index contributed by atoms with van der Waals surface area (Å²) >= 11 is 3.34. The molecule has 1 atom stereocenters. The van der Waals surface area contributed by atoms with E-state index >= 15 is 0 Å². The molecule has 0 aliphatic rings. The van der Waals surface area contributed by atoms with Crippen LogP contribution in [0, 0.1) is 0 Å². The second-order valence-corrected chi connectivity index (χ2v) is 4.46. The van der Waals surface area contributed by atoms with Crippen molar-refractivity contribution in [3.63, 3.8) is 0 Å². The quantitative estimate of drug-likeness (QED) is 0.903. The lowest BCUT2D eigenvalue weighted by molar-refractivity contribution is 0.0894. The maximum absolute atomic E-state index is 11.9. The summed E-state index contributed by atoms with van der Waals surface area (Å²) in [6.45, 7) is 2.56. The number of hydrogen-bond acceptors (Lipinski definition) is 2. The molecule has 0 aliphatic heterocycles. The molecule has 0 aromatic heterocycles. The van der Waals surface area contributed by atoms with E-state index in [1.165, 1.54) is 0 Å². The van der Waals surface area contributed by atoms with Gasteiger partial charge in [0.05, 0.1) is 12.6 Å². The molecular formula is C12H16BrNO2. The highest BCUT2D eigenvalue weighted by Crippen LogP contribution is 2.11. The van der Waals surface area contributed by atoms with Crippen LogP contribution in [0.5, 0.6) is 0 Å². The van der Waals surface area contributed by atoms with E-state index in [-0.39, 0.29) is 11.9 Å². The summed E-state index contributed by atoms with van der Waals surface area (Å²) in [5.41, 5.74) is 0.656. The van der Waals surface area contributed by atoms with Crippen LogP contribution in [0.3, 0.4) is 0 Å². The Bertz CT molecular complexity index is 355. The predicted molar refractivity (Wildman–Crippen MR) is 67.6 cm³/mol. The van der Waals surface area contributed by atoms with Crippen molar-refractivity contribution < 1.29 is 9.53 Å². The van der Waals surface area contributed by atoms with Gasteiger partial charge in [0.25, 0.3) is 5.91 Å². The van der Waals surface area contributed by atoms with Gasteiger partial charge in [-0.3, -0.25) is 4.79 Å². The van der Waals surface area contributed by atoms with Gasteiger partial charge < -0.3 is 10.1 Å². The Morgan fingerprint density at radius 2 is 2.31 bits per heavy atom. The molecule has 0 fully saturated rings. The van der Waals surface area contributed by atoms with E-state index in [0.717, 1.165) is 10.9 Å². The molecule has 4 heteroatoms. The molecule has 1 rings (SSSR count). The Labute approximate surface area is 104 Å². The molecule has 0 saturated heterocycles. The molecule has 1 aromatic carbocycles. The van der Waals surface area contributed by atoms with E-state index < -0.39 is 0 Å². The van der Waals surface area contributed by atoms with Crippen molar-refractivity contribution in [3.8, 4) is 0 Å². The molecular weight excluding hydrogens is 270 g/mol. The van der Waals surface area contributed by atoms with Crippen LogP contribution >= 0.6 is 15.9 Å². The van der Waals surface area contributed by atoms with Crippen LogP contribution < -0.4 is 5.32 Å². The average Bonchev–Trinajstić information content (AvgIpc) is 2.28. The number of nitrogens with one attached hydrogen (secondary N) is 1. The predicted octanol–water partition coefficient (Wildman–Crippen LogP) is 2.60. The molecule has 1 aromatic rings. The van der Waals surface area contributed by atoms with Gasteiger partial charge in [0.2, 0.25) is 0 Å². The summed E-state index contributed by atoms with van der Waals surface area (Å²) < 4.78 is 5.93. The van der Waals surface area contributed by atoms with Crippen LogP contribution in [0.4, 0.5) is 0 Å². The van der Waals surface area contributed by atoms with E-state index in [1.807, 2.05) is 19.1 Å². The van der Waals surface area contributed by atoms with Gasteiger partial charge in [-0.2, -0.15) is 0 Å². The summed E-state index contributed by atoms with van der Waals surface area (Å²) in [4.78, 5) is 11.9. The largest absolute Gasteiger partial charge is 0.383 e. The van der Waals surface area contributed by atoms with Crippen LogP contribution in [-0.4, -0.2) is 25.7 Å². The summed E-state index contributed by atoms with van der Waals surface area (Å²) in [6, 6.07) is 7.39. The molecule has 88 valence electrons. The minimum atomic E-state index is -0.0646. The number of rotatable bonds is 5. The highest BCUT2D eigenvalue weighted by molar-refractivity contribution is 9.10. The molecule has 3 nitrogen and oxygen atoms in total. The topological polar surface area (TPSA) is 38.3 Å². The summed E-state index contributed by atoms with van der Waals surface area (Å²) in [6.07, 6.45) is 0.855. The number of amides is 1. The third-order valence-electron chi connectivity index (χ3n) is 2.28. The van der Waals surface area contributed by atoms with Crippen molar-refractivity contribution >= 4 is 21.8 Å². The first kappa shape index (κ1) is 13.2. The van der Waals surface area contributed by atoms with E-state index in [2.05, 4.69) is 21.2 Å². The fourth-order valence-electron chi connectivity index (χ4n) is 1.36. The van der Waals surface area contributed by atoms with Crippen LogP contribution in [0.1, 0.15) is 23.7 Å². The van der Waals surface area contributed by atoms with E-state index in [4.69, 9.17) is 4.74 Å². The van der Waals surface area contributed by atoms with Gasteiger partial charge in [0.1, 0.15) is 0 Å². The van der Waals surface area contributed by atoms with Crippen LogP contribution in [0.15, 0.2) is 28.7 Å². The molecule has 0 saturated carbocycles. The first-order valence-corrected chi connectivity index (χ1v) is 6.02. The van der Waals surface area contributed by atoms with Gasteiger partial charge in [0.15, 0.2) is 0 Å². The minimum Gasteiger partial charge on any atom is -0.383 e. The van der Waals surface area contributed by atoms with Crippen LogP contribution in [0.2, 0.25) is 0 Å². The molecule has 1 unspecified atom stereocenters. The Kier molecular flexibility index (Phi) is 5.49. The molecule has 16 heavy (non-hydrogen) atoms. The average molecular weight is 286 g/mol. The molecule has 0 radical (unpaired) electrons. The maximum Gasteiger partial charge on any atom is 0.251 e. The zero-order valence-electron chi connectivity index (χ0n) is 9.50. The van der Waals surface area contributed by atoms with Gasteiger partial charge in [-0.05, 0) is 24.6 Å². The summed E-state index contributed by atoms with van der Waals surface area (Å²) in [5.74, 6) is -0.0646. The first-order chi connectivity index (χ1) is 7.67. The Morgan fingerprint density at radius 1 is 1.56 bits per heavy atom. The van der Waals surface area contributed by atoms with Crippen molar-refractivity contribution in [3.05, 3.63) is 34.3 Å². The van der Waals surface area contributed by atoms with Crippen molar-refractivity contribution in [1.82, 2.24) is 5.32 Å². The second kappa shape index (κ2) is 6.66. The third kappa shape index (κ3) is 3.94. The van der Waals surface area contributed by atoms with E-state index in [9.17, 15) is 4.79 Å². The fourth-order valence-corrected chi connectivity index (χ4v) is 1.76. The number of halogens is 1. The van der Waals surface area contributed by atoms with Crippen molar-refractivity contribution in [2.75, 3.05) is 13.7 Å². The lowest BCUT2D eigenvalue weighted by Crippen LogP contribution is -2.37. The second-order valence-electron chi connectivity index (χ2n) is 3.54. The zero-order chi connectivity index (χ0) is 12.0. The number of methoxy groups -OCH3 is 1. The molecule has 1 amide bonds. The number of ether oxygens (including phenoxy) is 1. The smallest absolute Gasteiger partial charge is 0.251 e. The van der Waals surface area contributed by atoms with Gasteiger partial charge >= 0.3 is 0 Å². The number of hydrogen-bond donors (Lipinski definition) is 1. The number of benzene rings is 1. The highest BCUT2D eigenvalue weighted by atomic mass is 79.9. The number of carbonyl (C=O) groups excluding carboxylic acids is 1. The first-order valence-electron chi connectivity index (χ1n) is 5.22. The third-order valence-corrected chi connectivity index (χ3v) is 2.78.